The van der Waals surface area contributed by atoms with E-state index in [2.05, 4.69) is 15.9 Å². The van der Waals surface area contributed by atoms with E-state index in [0.29, 0.717) is 10.6 Å². The molecule has 0 N–H and O–H groups in total. The molecule has 4 heteroatoms. The Labute approximate surface area is 95.6 Å². The molecule has 72 valence electrons. The van der Waals surface area contributed by atoms with Crippen molar-refractivity contribution in [3.8, 4) is 6.07 Å². The Morgan fingerprint density at radius 3 is 2.93 bits per heavy atom. The van der Waals surface area contributed by atoms with Crippen LogP contribution in [0.5, 0.6) is 0 Å². The molecule has 1 rings (SSSR count). The fourth-order valence-corrected chi connectivity index (χ4v) is 1.60. The van der Waals surface area contributed by atoms with Crippen LogP contribution in [0, 0.1) is 11.3 Å². The van der Waals surface area contributed by atoms with Crippen LogP contribution in [0.2, 0.25) is 5.02 Å². The highest BCUT2D eigenvalue weighted by atomic mass is 79.9. The molecular weight excluding hydrogens is 265 g/mol. The van der Waals surface area contributed by atoms with E-state index < -0.39 is 0 Å². The number of nitriles is 1. The van der Waals surface area contributed by atoms with Gasteiger partial charge in [-0.15, -0.1) is 0 Å². The lowest BCUT2D eigenvalue weighted by Gasteiger charge is -2.01. The first kappa shape index (κ1) is 11.2. The van der Waals surface area contributed by atoms with Gasteiger partial charge >= 0.3 is 0 Å². The fraction of sp³-hybridized carbons (Fsp3) is 0.200. The first-order valence-corrected chi connectivity index (χ1v) is 5.17. The van der Waals surface area contributed by atoms with E-state index in [1.165, 1.54) is 0 Å². The predicted molar refractivity (Wildman–Crippen MR) is 58.3 cm³/mol. The molecule has 0 aliphatic heterocycles. The van der Waals surface area contributed by atoms with Crippen molar-refractivity contribution in [3.63, 3.8) is 0 Å². The third kappa shape index (κ3) is 2.83. The fourth-order valence-electron chi connectivity index (χ4n) is 1.02. The lowest BCUT2D eigenvalue weighted by molar-refractivity contribution is 0.0984. The predicted octanol–water partition coefficient (Wildman–Crippen LogP) is 3.59. The number of Topliss-reactive ketones (excluding diaryl/α,β-unsaturated/α-hetero) is 1. The van der Waals surface area contributed by atoms with E-state index >= 15 is 0 Å². The minimum Gasteiger partial charge on any atom is -0.294 e. The van der Waals surface area contributed by atoms with Crippen molar-refractivity contribution in [1.29, 1.82) is 5.26 Å². The summed E-state index contributed by atoms with van der Waals surface area (Å²) in [7, 11) is 0. The van der Waals surface area contributed by atoms with Gasteiger partial charge in [0.05, 0.1) is 11.1 Å². The molecule has 0 aromatic heterocycles. The van der Waals surface area contributed by atoms with Crippen molar-refractivity contribution in [2.45, 2.75) is 12.8 Å². The second kappa shape index (κ2) is 5.14. The minimum absolute atomic E-state index is 0.0992. The zero-order valence-corrected chi connectivity index (χ0v) is 9.60. The lowest BCUT2D eigenvalue weighted by atomic mass is 10.1. The average molecular weight is 273 g/mol. The molecule has 0 amide bonds. The zero-order chi connectivity index (χ0) is 10.6. The Kier molecular flexibility index (Phi) is 4.12. The van der Waals surface area contributed by atoms with Crippen LogP contribution in [0.1, 0.15) is 23.2 Å². The quantitative estimate of drug-likeness (QED) is 0.789. The van der Waals surface area contributed by atoms with Crippen molar-refractivity contribution in [3.05, 3.63) is 33.3 Å². The molecule has 0 saturated heterocycles. The monoisotopic (exact) mass is 271 g/mol. The van der Waals surface area contributed by atoms with Gasteiger partial charge in [-0.2, -0.15) is 5.26 Å². The molecule has 1 aromatic carbocycles. The molecule has 0 atom stereocenters. The number of halogens is 2. The smallest absolute Gasteiger partial charge is 0.165 e. The highest BCUT2D eigenvalue weighted by molar-refractivity contribution is 9.10. The minimum atomic E-state index is -0.0992. The Bertz CT molecular complexity index is 398. The van der Waals surface area contributed by atoms with Crippen molar-refractivity contribution in [1.82, 2.24) is 0 Å². The standard InChI is InChI=1S/C10H7BrClNO/c11-7-3-4-9(12)8(6-7)10(14)2-1-5-13/h3-4,6H,1-2H2. The zero-order valence-electron chi connectivity index (χ0n) is 7.26. The highest BCUT2D eigenvalue weighted by Crippen LogP contribution is 2.22. The van der Waals surface area contributed by atoms with E-state index in [0.717, 1.165) is 4.47 Å². The van der Waals surface area contributed by atoms with Crippen LogP contribution in [-0.4, -0.2) is 5.78 Å². The molecule has 14 heavy (non-hydrogen) atoms. The molecule has 0 saturated carbocycles. The van der Waals surface area contributed by atoms with E-state index in [4.69, 9.17) is 16.9 Å². The number of carbonyl (C=O) groups excluding carboxylic acids is 1. The molecule has 0 radical (unpaired) electrons. The number of nitrogens with zero attached hydrogens (tertiary/aromatic N) is 1. The van der Waals surface area contributed by atoms with Crippen molar-refractivity contribution in [2.75, 3.05) is 0 Å². The van der Waals surface area contributed by atoms with E-state index in [1.54, 1.807) is 18.2 Å². The van der Waals surface area contributed by atoms with Crippen molar-refractivity contribution in [2.24, 2.45) is 0 Å². The van der Waals surface area contributed by atoms with Gasteiger partial charge in [0.1, 0.15) is 0 Å². The largest absolute Gasteiger partial charge is 0.294 e. The van der Waals surface area contributed by atoms with Gasteiger partial charge in [0.15, 0.2) is 5.78 Å². The summed E-state index contributed by atoms with van der Waals surface area (Å²) in [6, 6.07) is 7.02. The molecular formula is C10H7BrClNO. The van der Waals surface area contributed by atoms with Crippen LogP contribution >= 0.6 is 27.5 Å². The van der Waals surface area contributed by atoms with Gasteiger partial charge in [0.25, 0.3) is 0 Å². The summed E-state index contributed by atoms with van der Waals surface area (Å²) in [5, 5.41) is 8.77. The van der Waals surface area contributed by atoms with Gasteiger partial charge in [-0.25, -0.2) is 0 Å². The molecule has 0 aliphatic carbocycles. The third-order valence-corrected chi connectivity index (χ3v) is 2.52. The highest BCUT2D eigenvalue weighted by Gasteiger charge is 2.10. The summed E-state index contributed by atoms with van der Waals surface area (Å²) in [6.07, 6.45) is 0.439. The Balaban J connectivity index is 2.90. The topological polar surface area (TPSA) is 40.9 Å². The maximum absolute atomic E-state index is 11.5. The SMILES string of the molecule is N#CCCC(=O)c1cc(Br)ccc1Cl. The number of hydrogen-bond donors (Lipinski definition) is 0. The van der Waals surface area contributed by atoms with Crippen molar-refractivity contribution >= 4 is 33.3 Å². The summed E-state index contributed by atoms with van der Waals surface area (Å²) < 4.78 is 0.808. The van der Waals surface area contributed by atoms with Crippen LogP contribution in [-0.2, 0) is 0 Å². The summed E-state index contributed by atoms with van der Waals surface area (Å²) >= 11 is 9.10. The molecule has 0 heterocycles. The average Bonchev–Trinajstić information content (AvgIpc) is 2.18. The lowest BCUT2D eigenvalue weighted by Crippen LogP contribution is -1.99. The maximum atomic E-state index is 11.5. The molecule has 2 nitrogen and oxygen atoms in total. The van der Waals surface area contributed by atoms with Gasteiger partial charge in [0.2, 0.25) is 0 Å². The molecule has 0 bridgehead atoms. The number of carbonyl (C=O) groups is 1. The maximum Gasteiger partial charge on any atom is 0.165 e. The van der Waals surface area contributed by atoms with Gasteiger partial charge in [-0.05, 0) is 18.2 Å². The second-order valence-electron chi connectivity index (χ2n) is 2.71. The molecule has 0 unspecified atom stereocenters. The molecule has 0 aliphatic rings. The number of benzene rings is 1. The number of rotatable bonds is 3. The summed E-state index contributed by atoms with van der Waals surface area (Å²) in [5.74, 6) is -0.0992. The van der Waals surface area contributed by atoms with Gasteiger partial charge in [-0.1, -0.05) is 27.5 Å². The molecule has 0 fully saturated rings. The van der Waals surface area contributed by atoms with Crippen LogP contribution in [0.4, 0.5) is 0 Å². The normalized spacial score (nSPS) is 9.50. The van der Waals surface area contributed by atoms with E-state index in [9.17, 15) is 4.79 Å². The van der Waals surface area contributed by atoms with Gasteiger partial charge < -0.3 is 0 Å². The number of hydrogen-bond acceptors (Lipinski definition) is 2. The van der Waals surface area contributed by atoms with Crippen LogP contribution in [0.3, 0.4) is 0 Å². The van der Waals surface area contributed by atoms with Crippen LogP contribution in [0.25, 0.3) is 0 Å². The second-order valence-corrected chi connectivity index (χ2v) is 4.03. The molecule has 0 spiro atoms. The van der Waals surface area contributed by atoms with E-state index in [1.807, 2.05) is 6.07 Å². The van der Waals surface area contributed by atoms with E-state index in [-0.39, 0.29) is 18.6 Å². The van der Waals surface area contributed by atoms with Gasteiger partial charge in [-0.3, -0.25) is 4.79 Å². The summed E-state index contributed by atoms with van der Waals surface area (Å²) in [4.78, 5) is 11.5. The van der Waals surface area contributed by atoms with Crippen LogP contribution in [0.15, 0.2) is 22.7 Å². The van der Waals surface area contributed by atoms with Crippen molar-refractivity contribution < 1.29 is 4.79 Å². The first-order chi connectivity index (χ1) is 6.65. The Hall–Kier alpha value is -0.850. The summed E-state index contributed by atoms with van der Waals surface area (Å²) in [5.41, 5.74) is 0.469. The Morgan fingerprint density at radius 1 is 1.57 bits per heavy atom. The first-order valence-electron chi connectivity index (χ1n) is 4.00. The van der Waals surface area contributed by atoms with Crippen LogP contribution < -0.4 is 0 Å². The molecule has 1 aromatic rings. The summed E-state index contributed by atoms with van der Waals surface area (Å²) in [6.45, 7) is 0. The number of ketones is 1. The Morgan fingerprint density at radius 2 is 2.29 bits per heavy atom. The van der Waals surface area contributed by atoms with Gasteiger partial charge in [0, 0.05) is 22.9 Å². The third-order valence-electron chi connectivity index (χ3n) is 1.69.